The maximum Gasteiger partial charge on any atom is 0.255 e. The van der Waals surface area contributed by atoms with Crippen LogP contribution in [0, 0.1) is 0 Å². The second-order valence-corrected chi connectivity index (χ2v) is 7.00. The fourth-order valence-electron chi connectivity index (χ4n) is 3.90. The number of pyridine rings is 1. The molecule has 4 heteroatoms. The number of aryl methyl sites for hydroxylation is 1. The summed E-state index contributed by atoms with van der Waals surface area (Å²) in [5, 5.41) is 2.59. The molecule has 1 aliphatic rings. The third-order valence-corrected chi connectivity index (χ3v) is 5.38. The van der Waals surface area contributed by atoms with Crippen LogP contribution in [0.1, 0.15) is 34.7 Å². The summed E-state index contributed by atoms with van der Waals surface area (Å²) in [4.78, 5) is 26.1. The molecule has 0 radical (unpaired) electrons. The van der Waals surface area contributed by atoms with Crippen LogP contribution in [-0.4, -0.2) is 28.5 Å². The Morgan fingerprint density at radius 1 is 0.962 bits per heavy atom. The van der Waals surface area contributed by atoms with E-state index in [1.165, 1.54) is 27.0 Å². The smallest absolute Gasteiger partial charge is 0.255 e. The molecule has 0 spiro atoms. The summed E-state index contributed by atoms with van der Waals surface area (Å²) in [6.07, 6.45) is 3.55. The van der Waals surface area contributed by atoms with Crippen molar-refractivity contribution in [2.24, 2.45) is 7.05 Å². The Balaban J connectivity index is 1.51. The number of hydrogen-bond donors (Lipinski definition) is 0. The lowest BCUT2D eigenvalue weighted by molar-refractivity contribution is 0.0712. The van der Waals surface area contributed by atoms with Gasteiger partial charge in [-0.1, -0.05) is 42.5 Å². The lowest BCUT2D eigenvalue weighted by Gasteiger charge is -2.33. The van der Waals surface area contributed by atoms with Crippen molar-refractivity contribution >= 4 is 16.7 Å². The van der Waals surface area contributed by atoms with E-state index in [0.717, 1.165) is 25.9 Å². The van der Waals surface area contributed by atoms with E-state index < -0.39 is 0 Å². The number of rotatable bonds is 2. The van der Waals surface area contributed by atoms with Gasteiger partial charge in [-0.15, -0.1) is 0 Å². The van der Waals surface area contributed by atoms with Gasteiger partial charge in [-0.2, -0.15) is 0 Å². The second-order valence-electron chi connectivity index (χ2n) is 7.00. The van der Waals surface area contributed by atoms with Crippen LogP contribution in [0.25, 0.3) is 10.8 Å². The van der Waals surface area contributed by atoms with Gasteiger partial charge >= 0.3 is 0 Å². The summed E-state index contributed by atoms with van der Waals surface area (Å²) < 4.78 is 1.45. The number of piperidine rings is 1. The number of fused-ring (bicyclic) bond motifs is 1. The summed E-state index contributed by atoms with van der Waals surface area (Å²) in [5.74, 6) is 0.488. The first kappa shape index (κ1) is 16.6. The molecule has 0 unspecified atom stereocenters. The first-order valence-electron chi connectivity index (χ1n) is 9.07. The van der Waals surface area contributed by atoms with E-state index in [1.54, 1.807) is 19.3 Å². The fourth-order valence-corrected chi connectivity index (χ4v) is 3.90. The van der Waals surface area contributed by atoms with Crippen LogP contribution in [0.4, 0.5) is 0 Å². The highest BCUT2D eigenvalue weighted by Gasteiger charge is 2.25. The molecular weight excluding hydrogens is 324 g/mol. The van der Waals surface area contributed by atoms with Crippen molar-refractivity contribution in [3.63, 3.8) is 0 Å². The van der Waals surface area contributed by atoms with Crippen molar-refractivity contribution in [2.75, 3.05) is 13.1 Å². The third kappa shape index (κ3) is 3.03. The molecule has 1 saturated heterocycles. The van der Waals surface area contributed by atoms with Gasteiger partial charge in [0.1, 0.15) is 0 Å². The molecule has 1 amide bonds. The van der Waals surface area contributed by atoms with Crippen molar-refractivity contribution in [1.82, 2.24) is 9.47 Å². The molecule has 1 fully saturated rings. The molecule has 2 heterocycles. The zero-order valence-electron chi connectivity index (χ0n) is 14.9. The van der Waals surface area contributed by atoms with Crippen LogP contribution in [0.3, 0.4) is 0 Å². The van der Waals surface area contributed by atoms with Crippen LogP contribution < -0.4 is 5.56 Å². The molecule has 26 heavy (non-hydrogen) atoms. The number of nitrogens with zero attached hydrogens (tertiary/aromatic N) is 2. The normalized spacial score (nSPS) is 15.3. The highest BCUT2D eigenvalue weighted by Crippen LogP contribution is 2.33. The Morgan fingerprint density at radius 2 is 1.69 bits per heavy atom. The Bertz CT molecular complexity index is 1010. The minimum absolute atomic E-state index is 0.0111. The van der Waals surface area contributed by atoms with E-state index in [-0.39, 0.29) is 11.5 Å². The Hall–Kier alpha value is -2.88. The highest BCUT2D eigenvalue weighted by molar-refractivity contribution is 5.94. The average Bonchev–Trinajstić information content (AvgIpc) is 2.69. The van der Waals surface area contributed by atoms with Crippen molar-refractivity contribution in [1.29, 1.82) is 0 Å². The maximum absolute atomic E-state index is 12.7. The number of likely N-dealkylation sites (tertiary alicyclic amines) is 1. The number of carbonyl (C=O) groups is 1. The quantitative estimate of drug-likeness (QED) is 0.712. The van der Waals surface area contributed by atoms with Gasteiger partial charge in [-0.05, 0) is 41.2 Å². The summed E-state index contributed by atoms with van der Waals surface area (Å²) >= 11 is 0. The number of carbonyl (C=O) groups excluding carboxylic acids is 1. The molecule has 4 rings (SSSR count). The van der Waals surface area contributed by atoms with E-state index in [2.05, 4.69) is 42.5 Å². The number of aromatic nitrogens is 1. The lowest BCUT2D eigenvalue weighted by atomic mass is 9.86. The predicted molar refractivity (Wildman–Crippen MR) is 104 cm³/mol. The van der Waals surface area contributed by atoms with Crippen LogP contribution in [0.5, 0.6) is 0 Å². The van der Waals surface area contributed by atoms with Gasteiger partial charge in [0.2, 0.25) is 5.56 Å². The Morgan fingerprint density at radius 3 is 2.46 bits per heavy atom. The van der Waals surface area contributed by atoms with Crippen LogP contribution in [0.15, 0.2) is 65.6 Å². The number of hydrogen-bond acceptors (Lipinski definition) is 2. The molecule has 0 saturated carbocycles. The standard InChI is InChI=1S/C22H22N2O2/c1-23-15-18(9-10-21(23)25)22(26)24-13-11-17(12-14-24)20-8-4-6-16-5-2-3-7-19(16)20/h2-10,15,17H,11-14H2,1H3. The van der Waals surface area contributed by atoms with Crippen LogP contribution in [0.2, 0.25) is 0 Å². The zero-order chi connectivity index (χ0) is 18.1. The van der Waals surface area contributed by atoms with Crippen molar-refractivity contribution in [2.45, 2.75) is 18.8 Å². The molecule has 0 bridgehead atoms. The molecule has 2 aromatic carbocycles. The zero-order valence-corrected chi connectivity index (χ0v) is 14.9. The van der Waals surface area contributed by atoms with Gasteiger partial charge in [0, 0.05) is 32.4 Å². The van der Waals surface area contributed by atoms with E-state index >= 15 is 0 Å². The summed E-state index contributed by atoms with van der Waals surface area (Å²) in [6.45, 7) is 1.49. The summed E-state index contributed by atoms with van der Waals surface area (Å²) in [7, 11) is 1.67. The molecule has 1 aromatic heterocycles. The van der Waals surface area contributed by atoms with E-state index in [1.807, 2.05) is 4.90 Å². The SMILES string of the molecule is Cn1cc(C(=O)N2CCC(c3cccc4ccccc34)CC2)ccc1=O. The minimum atomic E-state index is -0.101. The molecule has 1 aliphatic heterocycles. The molecule has 0 N–H and O–H groups in total. The monoisotopic (exact) mass is 346 g/mol. The molecule has 3 aromatic rings. The van der Waals surface area contributed by atoms with Gasteiger partial charge in [-0.3, -0.25) is 9.59 Å². The van der Waals surface area contributed by atoms with Gasteiger partial charge in [0.15, 0.2) is 0 Å². The maximum atomic E-state index is 12.7. The third-order valence-electron chi connectivity index (χ3n) is 5.38. The topological polar surface area (TPSA) is 42.3 Å². The number of amides is 1. The highest BCUT2D eigenvalue weighted by atomic mass is 16.2. The van der Waals surface area contributed by atoms with Crippen molar-refractivity contribution in [3.8, 4) is 0 Å². The van der Waals surface area contributed by atoms with Gasteiger partial charge in [0.05, 0.1) is 5.56 Å². The van der Waals surface area contributed by atoms with Crippen molar-refractivity contribution < 1.29 is 4.79 Å². The lowest BCUT2D eigenvalue weighted by Crippen LogP contribution is -2.38. The minimum Gasteiger partial charge on any atom is -0.339 e. The molecule has 0 aliphatic carbocycles. The first-order valence-corrected chi connectivity index (χ1v) is 9.07. The molecule has 132 valence electrons. The summed E-state index contributed by atoms with van der Waals surface area (Å²) in [6, 6.07) is 18.1. The van der Waals surface area contributed by atoms with Gasteiger partial charge in [0.25, 0.3) is 5.91 Å². The Labute approximate surface area is 152 Å². The van der Waals surface area contributed by atoms with E-state index in [9.17, 15) is 9.59 Å². The second kappa shape index (κ2) is 6.79. The molecule has 0 atom stereocenters. The van der Waals surface area contributed by atoms with E-state index in [0.29, 0.717) is 11.5 Å². The van der Waals surface area contributed by atoms with Gasteiger partial charge < -0.3 is 9.47 Å². The van der Waals surface area contributed by atoms with Gasteiger partial charge in [-0.25, -0.2) is 0 Å². The largest absolute Gasteiger partial charge is 0.339 e. The summed E-state index contributed by atoms with van der Waals surface area (Å²) in [5.41, 5.74) is 1.87. The van der Waals surface area contributed by atoms with Crippen LogP contribution in [-0.2, 0) is 7.05 Å². The molecular formula is C22H22N2O2. The first-order chi connectivity index (χ1) is 12.6. The predicted octanol–water partition coefficient (Wildman–Crippen LogP) is 3.56. The van der Waals surface area contributed by atoms with Crippen molar-refractivity contribution in [3.05, 3.63) is 82.3 Å². The van der Waals surface area contributed by atoms with Crippen LogP contribution >= 0.6 is 0 Å². The van der Waals surface area contributed by atoms with E-state index in [4.69, 9.17) is 0 Å². The number of benzene rings is 2. The fraction of sp³-hybridized carbons (Fsp3) is 0.273. The molecule has 4 nitrogen and oxygen atoms in total. The average molecular weight is 346 g/mol. The Kier molecular flexibility index (Phi) is 4.33.